The molecule has 1 aromatic rings. The van der Waals surface area contributed by atoms with E-state index in [2.05, 4.69) is 0 Å². The number of halogens is 3. The van der Waals surface area contributed by atoms with Gasteiger partial charge in [0, 0.05) is 38.3 Å². The number of aromatic nitrogens is 1. The fourth-order valence-corrected chi connectivity index (χ4v) is 3.73. The summed E-state index contributed by atoms with van der Waals surface area (Å²) < 4.78 is 39.2. The molecule has 148 valence electrons. The van der Waals surface area contributed by atoms with Crippen LogP contribution in [0.1, 0.15) is 31.2 Å². The lowest BCUT2D eigenvalue weighted by Crippen LogP contribution is -2.52. The number of piperazine rings is 1. The number of alkyl halides is 3. The molecule has 1 aliphatic carbocycles. The van der Waals surface area contributed by atoms with E-state index in [4.69, 9.17) is 0 Å². The van der Waals surface area contributed by atoms with Gasteiger partial charge in [-0.25, -0.2) is 0 Å². The lowest BCUT2D eigenvalue weighted by molar-refractivity contribution is -0.142. The predicted molar refractivity (Wildman–Crippen MR) is 90.8 cm³/mol. The Kier molecular flexibility index (Phi) is 5.57. The molecule has 0 N–H and O–H groups in total. The van der Waals surface area contributed by atoms with E-state index in [1.54, 1.807) is 4.90 Å². The average Bonchev–Trinajstić information content (AvgIpc) is 3.16. The number of carbonyl (C=O) groups is 2. The van der Waals surface area contributed by atoms with E-state index in [-0.39, 0.29) is 11.8 Å². The summed E-state index contributed by atoms with van der Waals surface area (Å²) in [6.07, 6.45) is 0.388. The highest BCUT2D eigenvalue weighted by Gasteiger charge is 2.35. The molecule has 0 atom stereocenters. The molecular weight excluding hydrogens is 363 g/mol. The Morgan fingerprint density at radius 1 is 1.04 bits per heavy atom. The molecule has 1 saturated carbocycles. The minimum atomic E-state index is -4.75. The lowest BCUT2D eigenvalue weighted by atomic mass is 10.1. The number of rotatable bonds is 3. The largest absolute Gasteiger partial charge is 0.421 e. The first-order chi connectivity index (χ1) is 12.8. The first-order valence-corrected chi connectivity index (χ1v) is 9.10. The maximum Gasteiger partial charge on any atom is 0.421 e. The molecule has 9 heteroatoms. The highest BCUT2D eigenvalue weighted by molar-refractivity contribution is 5.80. The quantitative estimate of drug-likeness (QED) is 0.796. The molecule has 1 aliphatic heterocycles. The van der Waals surface area contributed by atoms with E-state index >= 15 is 0 Å². The molecule has 2 fully saturated rings. The Labute approximate surface area is 154 Å². The van der Waals surface area contributed by atoms with Gasteiger partial charge in [0.25, 0.3) is 5.56 Å². The first-order valence-electron chi connectivity index (χ1n) is 9.10. The molecule has 0 aromatic carbocycles. The van der Waals surface area contributed by atoms with Crippen LogP contribution in [0.3, 0.4) is 0 Å². The molecule has 0 bridgehead atoms. The summed E-state index contributed by atoms with van der Waals surface area (Å²) in [7, 11) is 0. The maximum atomic E-state index is 12.8. The van der Waals surface area contributed by atoms with Crippen LogP contribution in [0.2, 0.25) is 0 Å². The van der Waals surface area contributed by atoms with Gasteiger partial charge in [0.15, 0.2) is 0 Å². The van der Waals surface area contributed by atoms with Gasteiger partial charge in [-0.15, -0.1) is 0 Å². The molecule has 2 amide bonds. The van der Waals surface area contributed by atoms with Gasteiger partial charge in [0.1, 0.15) is 12.1 Å². The summed E-state index contributed by atoms with van der Waals surface area (Å²) in [5.74, 6) is -0.214. The van der Waals surface area contributed by atoms with E-state index < -0.39 is 29.8 Å². The van der Waals surface area contributed by atoms with Gasteiger partial charge in [0.05, 0.1) is 0 Å². The fourth-order valence-electron chi connectivity index (χ4n) is 3.73. The standard InChI is InChI=1S/C18H22F3N3O3/c19-18(20,21)14-6-3-7-24(17(14)27)12-15(25)22-8-10-23(11-9-22)16(26)13-4-1-2-5-13/h3,6-7,13H,1-2,4-5,8-12H2. The summed E-state index contributed by atoms with van der Waals surface area (Å²) >= 11 is 0. The van der Waals surface area contributed by atoms with Crippen LogP contribution < -0.4 is 5.56 Å². The fraction of sp³-hybridized carbons (Fsp3) is 0.611. The van der Waals surface area contributed by atoms with Crippen LogP contribution in [0.5, 0.6) is 0 Å². The van der Waals surface area contributed by atoms with Crippen molar-refractivity contribution in [2.24, 2.45) is 5.92 Å². The van der Waals surface area contributed by atoms with Crippen molar-refractivity contribution in [3.63, 3.8) is 0 Å². The topological polar surface area (TPSA) is 62.6 Å². The zero-order chi connectivity index (χ0) is 19.6. The van der Waals surface area contributed by atoms with Crippen molar-refractivity contribution in [2.75, 3.05) is 26.2 Å². The third-order valence-corrected chi connectivity index (χ3v) is 5.28. The Balaban J connectivity index is 1.59. The summed E-state index contributed by atoms with van der Waals surface area (Å²) in [4.78, 5) is 40.0. The van der Waals surface area contributed by atoms with Crippen molar-refractivity contribution in [3.05, 3.63) is 34.2 Å². The van der Waals surface area contributed by atoms with Crippen LogP contribution >= 0.6 is 0 Å². The molecule has 6 nitrogen and oxygen atoms in total. The summed E-state index contributed by atoms with van der Waals surface area (Å²) in [5, 5.41) is 0. The van der Waals surface area contributed by atoms with Gasteiger partial charge in [-0.3, -0.25) is 14.4 Å². The van der Waals surface area contributed by atoms with Gasteiger partial charge in [0.2, 0.25) is 11.8 Å². The van der Waals surface area contributed by atoms with E-state index in [0.29, 0.717) is 32.2 Å². The third kappa shape index (κ3) is 4.33. The second kappa shape index (κ2) is 7.74. The van der Waals surface area contributed by atoms with Crippen molar-refractivity contribution >= 4 is 11.8 Å². The van der Waals surface area contributed by atoms with Gasteiger partial charge < -0.3 is 14.4 Å². The van der Waals surface area contributed by atoms with Crippen molar-refractivity contribution in [1.82, 2.24) is 14.4 Å². The van der Waals surface area contributed by atoms with Crippen LogP contribution in [0.4, 0.5) is 13.2 Å². The Hall–Kier alpha value is -2.32. The normalized spacial score (nSPS) is 18.8. The monoisotopic (exact) mass is 385 g/mol. The maximum absolute atomic E-state index is 12.8. The number of nitrogens with zero attached hydrogens (tertiary/aromatic N) is 3. The molecule has 3 rings (SSSR count). The molecule has 0 radical (unpaired) electrons. The Morgan fingerprint density at radius 3 is 2.22 bits per heavy atom. The first kappa shape index (κ1) is 19.4. The Morgan fingerprint density at radius 2 is 1.63 bits per heavy atom. The number of carbonyl (C=O) groups excluding carboxylic acids is 2. The molecule has 27 heavy (non-hydrogen) atoms. The zero-order valence-corrected chi connectivity index (χ0v) is 14.9. The molecule has 0 spiro atoms. The van der Waals surface area contributed by atoms with Crippen LogP contribution in [0.25, 0.3) is 0 Å². The molecule has 2 heterocycles. The van der Waals surface area contributed by atoms with Gasteiger partial charge in [-0.05, 0) is 25.0 Å². The predicted octanol–water partition coefficient (Wildman–Crippen LogP) is 1.73. The highest BCUT2D eigenvalue weighted by atomic mass is 19.4. The number of hydrogen-bond donors (Lipinski definition) is 0. The van der Waals surface area contributed by atoms with E-state index in [9.17, 15) is 27.6 Å². The van der Waals surface area contributed by atoms with Crippen molar-refractivity contribution in [1.29, 1.82) is 0 Å². The number of pyridine rings is 1. The number of amides is 2. The molecular formula is C18H22F3N3O3. The van der Waals surface area contributed by atoms with Crippen LogP contribution in [0, 0.1) is 5.92 Å². The van der Waals surface area contributed by atoms with Gasteiger partial charge in [-0.2, -0.15) is 13.2 Å². The lowest BCUT2D eigenvalue weighted by Gasteiger charge is -2.36. The smallest absolute Gasteiger partial charge is 0.339 e. The minimum absolute atomic E-state index is 0.0796. The Bertz CT molecular complexity index is 761. The van der Waals surface area contributed by atoms with Crippen molar-refractivity contribution in [2.45, 2.75) is 38.4 Å². The van der Waals surface area contributed by atoms with E-state index in [1.807, 2.05) is 0 Å². The highest BCUT2D eigenvalue weighted by Crippen LogP contribution is 2.27. The van der Waals surface area contributed by atoms with Gasteiger partial charge >= 0.3 is 6.18 Å². The second-order valence-electron chi connectivity index (χ2n) is 7.04. The second-order valence-corrected chi connectivity index (χ2v) is 7.04. The molecule has 2 aliphatic rings. The minimum Gasteiger partial charge on any atom is -0.339 e. The summed E-state index contributed by atoms with van der Waals surface area (Å²) in [5.41, 5.74) is -2.52. The van der Waals surface area contributed by atoms with Crippen LogP contribution in [-0.4, -0.2) is 52.4 Å². The van der Waals surface area contributed by atoms with Gasteiger partial charge in [-0.1, -0.05) is 12.8 Å². The average molecular weight is 385 g/mol. The van der Waals surface area contributed by atoms with E-state index in [0.717, 1.165) is 36.3 Å². The zero-order valence-electron chi connectivity index (χ0n) is 14.9. The van der Waals surface area contributed by atoms with Crippen LogP contribution in [-0.2, 0) is 22.3 Å². The molecule has 1 aromatic heterocycles. The third-order valence-electron chi connectivity index (χ3n) is 5.28. The number of hydrogen-bond acceptors (Lipinski definition) is 3. The SMILES string of the molecule is O=C(Cn1cccc(C(F)(F)F)c1=O)N1CCN(C(=O)C2CCCC2)CC1. The van der Waals surface area contributed by atoms with E-state index in [1.165, 1.54) is 11.1 Å². The summed E-state index contributed by atoms with van der Waals surface area (Å²) in [6, 6.07) is 1.81. The van der Waals surface area contributed by atoms with Crippen molar-refractivity contribution in [3.8, 4) is 0 Å². The van der Waals surface area contributed by atoms with Crippen LogP contribution in [0.15, 0.2) is 23.1 Å². The van der Waals surface area contributed by atoms with Crippen molar-refractivity contribution < 1.29 is 22.8 Å². The molecule has 0 unspecified atom stereocenters. The summed E-state index contributed by atoms with van der Waals surface area (Å²) in [6.45, 7) is 1.03. The molecule has 1 saturated heterocycles.